The number of fused-ring (bicyclic) bond motifs is 3. The van der Waals surface area contributed by atoms with Crippen molar-refractivity contribution in [2.45, 2.75) is 38.5 Å². The predicted octanol–water partition coefficient (Wildman–Crippen LogP) is 4.22. The summed E-state index contributed by atoms with van der Waals surface area (Å²) in [6, 6.07) is 9.33. The van der Waals surface area contributed by atoms with Crippen molar-refractivity contribution in [1.29, 1.82) is 0 Å². The van der Waals surface area contributed by atoms with Crippen LogP contribution in [0.15, 0.2) is 41.3 Å². The molecule has 0 saturated heterocycles. The van der Waals surface area contributed by atoms with E-state index in [4.69, 9.17) is 0 Å². The minimum absolute atomic E-state index is 0.0799. The van der Waals surface area contributed by atoms with Crippen molar-refractivity contribution in [3.05, 3.63) is 58.8 Å². The number of ketones is 1. The molecule has 0 unspecified atom stereocenters. The van der Waals surface area contributed by atoms with Gasteiger partial charge < -0.3 is 9.72 Å². The van der Waals surface area contributed by atoms with Crippen LogP contribution in [0.1, 0.15) is 52.2 Å². The number of esters is 1. The van der Waals surface area contributed by atoms with Crippen LogP contribution in [0.25, 0.3) is 10.9 Å². The van der Waals surface area contributed by atoms with Crippen molar-refractivity contribution in [1.82, 2.24) is 4.98 Å². The summed E-state index contributed by atoms with van der Waals surface area (Å²) >= 11 is 0. The second kappa shape index (κ2) is 7.23. The van der Waals surface area contributed by atoms with E-state index in [0.29, 0.717) is 34.3 Å². The fraction of sp³-hybridized carbons (Fsp3) is 0.304. The van der Waals surface area contributed by atoms with Crippen molar-refractivity contribution >= 4 is 38.4 Å². The van der Waals surface area contributed by atoms with Crippen LogP contribution in [-0.4, -0.2) is 32.3 Å². The lowest BCUT2D eigenvalue weighted by Crippen LogP contribution is -2.26. The smallest absolute Gasteiger partial charge is 0.337 e. The number of sulfonamides is 1. The number of aromatic amines is 1. The number of methoxy groups -OCH3 is 1. The standard InChI is InChI=1S/C23H24N2O5S/c1-13-9-16-17(24-18-11-23(2,3)12-19(26)21(16)18)10-20(13)31(28,29)25-15-7-5-14(6-8-15)22(27)30-4/h5-10,24-25H,11-12H2,1-4H3. The average molecular weight is 441 g/mol. The topological polar surface area (TPSA) is 105 Å². The highest BCUT2D eigenvalue weighted by molar-refractivity contribution is 7.92. The first kappa shape index (κ1) is 21.1. The molecule has 8 heteroatoms. The molecule has 0 spiro atoms. The number of aryl methyl sites for hydroxylation is 1. The first-order valence-electron chi connectivity index (χ1n) is 9.90. The first-order chi connectivity index (χ1) is 14.5. The van der Waals surface area contributed by atoms with Gasteiger partial charge in [0.15, 0.2) is 5.78 Å². The number of anilines is 1. The van der Waals surface area contributed by atoms with Gasteiger partial charge in [0.2, 0.25) is 0 Å². The molecule has 1 aromatic heterocycles. The number of nitrogens with one attached hydrogen (secondary N) is 2. The van der Waals surface area contributed by atoms with Crippen LogP contribution in [0.3, 0.4) is 0 Å². The Balaban J connectivity index is 1.71. The number of carbonyl (C=O) groups is 2. The highest BCUT2D eigenvalue weighted by Crippen LogP contribution is 2.39. The molecule has 2 N–H and O–H groups in total. The molecule has 3 aromatic rings. The molecule has 0 fully saturated rings. The molecular formula is C23H24N2O5S. The maximum absolute atomic E-state index is 13.1. The van der Waals surface area contributed by atoms with Gasteiger partial charge in [0.05, 0.1) is 17.6 Å². The molecule has 7 nitrogen and oxygen atoms in total. The van der Waals surface area contributed by atoms with Gasteiger partial charge in [-0.15, -0.1) is 0 Å². The summed E-state index contributed by atoms with van der Waals surface area (Å²) in [6.45, 7) is 5.82. The zero-order chi connectivity index (χ0) is 22.6. The van der Waals surface area contributed by atoms with Crippen molar-refractivity contribution in [3.8, 4) is 0 Å². The van der Waals surface area contributed by atoms with Gasteiger partial charge >= 0.3 is 5.97 Å². The normalized spacial score (nSPS) is 15.5. The van der Waals surface area contributed by atoms with E-state index in [1.807, 2.05) is 0 Å². The molecule has 1 aliphatic carbocycles. The summed E-state index contributed by atoms with van der Waals surface area (Å²) < 4.78 is 33.3. The molecule has 4 rings (SSSR count). The largest absolute Gasteiger partial charge is 0.465 e. The number of H-pyrrole nitrogens is 1. The van der Waals surface area contributed by atoms with Gasteiger partial charge in [-0.25, -0.2) is 13.2 Å². The van der Waals surface area contributed by atoms with E-state index in [0.717, 1.165) is 17.5 Å². The quantitative estimate of drug-likeness (QED) is 0.591. The summed E-state index contributed by atoms with van der Waals surface area (Å²) in [4.78, 5) is 27.7. The Morgan fingerprint density at radius 3 is 2.45 bits per heavy atom. The van der Waals surface area contributed by atoms with E-state index >= 15 is 0 Å². The van der Waals surface area contributed by atoms with Gasteiger partial charge in [-0.2, -0.15) is 0 Å². The highest BCUT2D eigenvalue weighted by Gasteiger charge is 2.34. The monoisotopic (exact) mass is 440 g/mol. The minimum atomic E-state index is -3.88. The van der Waals surface area contributed by atoms with Crippen LogP contribution in [-0.2, 0) is 21.2 Å². The van der Waals surface area contributed by atoms with E-state index < -0.39 is 16.0 Å². The molecule has 0 bridgehead atoms. The molecule has 0 saturated carbocycles. The van der Waals surface area contributed by atoms with Crippen LogP contribution in [0.2, 0.25) is 0 Å². The Kier molecular flexibility index (Phi) is 4.93. The third-order valence-electron chi connectivity index (χ3n) is 5.59. The molecule has 0 atom stereocenters. The second-order valence-corrected chi connectivity index (χ2v) is 10.4. The van der Waals surface area contributed by atoms with Crippen molar-refractivity contribution in [2.75, 3.05) is 11.8 Å². The average Bonchev–Trinajstić information content (AvgIpc) is 3.02. The Bertz CT molecular complexity index is 1320. The maximum atomic E-state index is 13.1. The number of ether oxygens (including phenoxy) is 1. The van der Waals surface area contributed by atoms with Gasteiger partial charge in [-0.3, -0.25) is 9.52 Å². The number of benzene rings is 2. The Morgan fingerprint density at radius 1 is 1.13 bits per heavy atom. The van der Waals surface area contributed by atoms with E-state index in [2.05, 4.69) is 28.3 Å². The third-order valence-corrected chi connectivity index (χ3v) is 7.12. The molecule has 2 aromatic carbocycles. The van der Waals surface area contributed by atoms with Crippen LogP contribution < -0.4 is 4.72 Å². The lowest BCUT2D eigenvalue weighted by Gasteiger charge is -2.28. The Morgan fingerprint density at radius 2 is 1.81 bits per heavy atom. The van der Waals surface area contributed by atoms with Crippen LogP contribution >= 0.6 is 0 Å². The molecule has 0 aliphatic heterocycles. The molecule has 0 amide bonds. The first-order valence-corrected chi connectivity index (χ1v) is 11.4. The lowest BCUT2D eigenvalue weighted by molar-refractivity contribution is 0.0600. The number of rotatable bonds is 4. The second-order valence-electron chi connectivity index (χ2n) is 8.76. The number of carbonyl (C=O) groups excluding carboxylic acids is 2. The van der Waals surface area contributed by atoms with Crippen LogP contribution in [0, 0.1) is 12.3 Å². The SMILES string of the molecule is COC(=O)c1ccc(NS(=O)(=O)c2cc3[nH]c4c(c3cc2C)C(=O)CC(C)(C)C4)cc1. The fourth-order valence-corrected chi connectivity index (χ4v) is 5.51. The molecule has 0 radical (unpaired) electrons. The van der Waals surface area contributed by atoms with Gasteiger partial charge in [0.25, 0.3) is 10.0 Å². The van der Waals surface area contributed by atoms with E-state index in [1.54, 1.807) is 19.1 Å². The zero-order valence-corrected chi connectivity index (χ0v) is 18.6. The van der Waals surface area contributed by atoms with Crippen molar-refractivity contribution in [3.63, 3.8) is 0 Å². The summed E-state index contributed by atoms with van der Waals surface area (Å²) in [5, 5.41) is 0.759. The lowest BCUT2D eigenvalue weighted by atomic mass is 9.76. The zero-order valence-electron chi connectivity index (χ0n) is 17.8. The maximum Gasteiger partial charge on any atom is 0.337 e. The van der Waals surface area contributed by atoms with Crippen molar-refractivity contribution < 1.29 is 22.7 Å². The fourth-order valence-electron chi connectivity index (χ4n) is 4.19. The number of hydrogen-bond acceptors (Lipinski definition) is 5. The molecule has 31 heavy (non-hydrogen) atoms. The molecule has 1 aliphatic rings. The number of hydrogen-bond donors (Lipinski definition) is 2. The Hall–Kier alpha value is -3.13. The van der Waals surface area contributed by atoms with E-state index in [-0.39, 0.29) is 16.1 Å². The van der Waals surface area contributed by atoms with Gasteiger partial charge in [0, 0.05) is 34.3 Å². The number of aromatic nitrogens is 1. The predicted molar refractivity (Wildman–Crippen MR) is 118 cm³/mol. The summed E-state index contributed by atoms with van der Waals surface area (Å²) in [5.74, 6) is -0.416. The summed E-state index contributed by atoms with van der Waals surface area (Å²) in [5.41, 5.74) is 3.23. The molecular weight excluding hydrogens is 416 g/mol. The van der Waals surface area contributed by atoms with E-state index in [1.165, 1.54) is 31.4 Å². The van der Waals surface area contributed by atoms with E-state index in [9.17, 15) is 18.0 Å². The third kappa shape index (κ3) is 3.83. The Labute approximate surface area is 180 Å². The molecule has 162 valence electrons. The van der Waals surface area contributed by atoms with Crippen molar-refractivity contribution in [2.24, 2.45) is 5.41 Å². The van der Waals surface area contributed by atoms with Gasteiger partial charge in [-0.1, -0.05) is 13.8 Å². The highest BCUT2D eigenvalue weighted by atomic mass is 32.2. The van der Waals surface area contributed by atoms with Gasteiger partial charge in [0.1, 0.15) is 0 Å². The van der Waals surface area contributed by atoms with Crippen LogP contribution in [0.5, 0.6) is 0 Å². The number of Topliss-reactive ketones (excluding diaryl/α,β-unsaturated/α-hetero) is 1. The summed E-state index contributed by atoms with van der Waals surface area (Å²) in [6.07, 6.45) is 1.20. The molecule has 1 heterocycles. The minimum Gasteiger partial charge on any atom is -0.465 e. The summed E-state index contributed by atoms with van der Waals surface area (Å²) in [7, 11) is -2.60. The van der Waals surface area contributed by atoms with Crippen LogP contribution in [0.4, 0.5) is 5.69 Å². The van der Waals surface area contributed by atoms with Gasteiger partial charge in [-0.05, 0) is 60.7 Å².